The van der Waals surface area contributed by atoms with E-state index in [0.717, 1.165) is 50.4 Å². The summed E-state index contributed by atoms with van der Waals surface area (Å²) in [6, 6.07) is 4.17. The van der Waals surface area contributed by atoms with Gasteiger partial charge in [-0.1, -0.05) is 19.4 Å². The molecule has 0 bridgehead atoms. The van der Waals surface area contributed by atoms with Crippen LogP contribution in [0.25, 0.3) is 0 Å². The molecule has 0 spiro atoms. The number of piperidine rings is 1. The normalized spacial score (nSPS) is 17.6. The van der Waals surface area contributed by atoms with Crippen molar-refractivity contribution in [2.45, 2.75) is 52.0 Å². The van der Waals surface area contributed by atoms with E-state index in [-0.39, 0.29) is 5.92 Å². The van der Waals surface area contributed by atoms with Gasteiger partial charge >= 0.3 is 0 Å². The average Bonchev–Trinajstić information content (AvgIpc) is 3.02. The Balaban J connectivity index is 0.000000188. The van der Waals surface area contributed by atoms with E-state index < -0.39 is 18.1 Å². The van der Waals surface area contributed by atoms with E-state index in [1.807, 2.05) is 0 Å². The number of alkyl halides is 2. The first-order valence-electron chi connectivity index (χ1n) is 10.3. The van der Waals surface area contributed by atoms with Crippen LogP contribution in [0, 0.1) is 23.5 Å². The van der Waals surface area contributed by atoms with Crippen molar-refractivity contribution in [3.05, 3.63) is 41.7 Å². The molecule has 4 rings (SSSR count). The molecule has 30 heavy (non-hydrogen) atoms. The van der Waals surface area contributed by atoms with E-state index in [4.69, 9.17) is 5.73 Å². The van der Waals surface area contributed by atoms with E-state index in [1.165, 1.54) is 36.0 Å². The molecule has 2 heterocycles. The Kier molecular flexibility index (Phi) is 9.55. The van der Waals surface area contributed by atoms with Crippen LogP contribution in [-0.4, -0.2) is 39.2 Å². The maximum atomic E-state index is 13.0. The zero-order valence-corrected chi connectivity index (χ0v) is 17.6. The molecule has 0 unspecified atom stereocenters. The van der Waals surface area contributed by atoms with Crippen LogP contribution in [0.3, 0.4) is 0 Å². The van der Waals surface area contributed by atoms with E-state index in [2.05, 4.69) is 21.9 Å². The van der Waals surface area contributed by atoms with Gasteiger partial charge in [0, 0.05) is 19.5 Å². The first kappa shape index (κ1) is 24.1. The van der Waals surface area contributed by atoms with Crippen LogP contribution in [-0.2, 0) is 13.6 Å². The summed E-state index contributed by atoms with van der Waals surface area (Å²) in [5.41, 5.74) is 6.08. The molecule has 2 aliphatic rings. The lowest BCUT2D eigenvalue weighted by Gasteiger charge is -2.30. The van der Waals surface area contributed by atoms with Gasteiger partial charge < -0.3 is 5.73 Å². The molecule has 1 aromatic heterocycles. The van der Waals surface area contributed by atoms with Crippen molar-refractivity contribution in [3.8, 4) is 0 Å². The predicted molar refractivity (Wildman–Crippen MR) is 109 cm³/mol. The number of benzene rings is 1. The number of rotatable bonds is 3. The summed E-state index contributed by atoms with van der Waals surface area (Å²) < 4.78 is 50.2. The molecule has 1 aliphatic carbocycles. The van der Waals surface area contributed by atoms with Gasteiger partial charge in [-0.05, 0) is 62.4 Å². The maximum Gasteiger partial charge on any atom is 0.241 e. The largest absolute Gasteiger partial charge is 0.368 e. The van der Waals surface area contributed by atoms with Crippen LogP contribution in [0.15, 0.2) is 24.5 Å². The summed E-state index contributed by atoms with van der Waals surface area (Å²) in [6.07, 6.45) is 4.27. The van der Waals surface area contributed by atoms with Gasteiger partial charge in [-0.2, -0.15) is 5.10 Å². The van der Waals surface area contributed by atoms with Crippen LogP contribution >= 0.6 is 0 Å². The Morgan fingerprint density at radius 2 is 1.77 bits per heavy atom. The minimum atomic E-state index is -2.05. The summed E-state index contributed by atoms with van der Waals surface area (Å²) in [5, 5.41) is 3.70. The molecule has 1 saturated carbocycles. The van der Waals surface area contributed by atoms with E-state index in [9.17, 15) is 17.6 Å². The summed E-state index contributed by atoms with van der Waals surface area (Å²) in [6.45, 7) is 5.10. The standard InChI is InChI=1S/C13H17F2N.C5H8F2.C3H6N4/c1-10-4-6-16(7-5-10)9-11-2-3-12(14)13(15)8-11;6-5(7)4-2-1-3-4;1-7-3(4)5-2-6-7/h2-3,8,10H,4-7,9H2,1H3;4-5H,1-3H2;2H,1H3,(H2,4,5,6). The summed E-state index contributed by atoms with van der Waals surface area (Å²) in [5.74, 6) is -0.528. The lowest BCUT2D eigenvalue weighted by atomic mass is 9.86. The molecule has 1 aromatic carbocycles. The average molecular weight is 430 g/mol. The number of anilines is 1. The molecule has 1 saturated heterocycles. The molecule has 1 aliphatic heterocycles. The Labute approximate surface area is 175 Å². The minimum Gasteiger partial charge on any atom is -0.368 e. The van der Waals surface area contributed by atoms with Gasteiger partial charge in [0.25, 0.3) is 0 Å². The van der Waals surface area contributed by atoms with E-state index >= 15 is 0 Å². The van der Waals surface area contributed by atoms with Crippen LogP contribution in [0.4, 0.5) is 23.5 Å². The van der Waals surface area contributed by atoms with Crippen LogP contribution in [0.5, 0.6) is 0 Å². The van der Waals surface area contributed by atoms with Crippen LogP contribution < -0.4 is 5.73 Å². The van der Waals surface area contributed by atoms with Gasteiger partial charge in [0.2, 0.25) is 12.4 Å². The number of nitrogens with zero attached hydrogens (tertiary/aromatic N) is 4. The van der Waals surface area contributed by atoms with Crippen LogP contribution in [0.1, 0.15) is 44.6 Å². The summed E-state index contributed by atoms with van der Waals surface area (Å²) in [4.78, 5) is 5.94. The molecule has 0 atom stereocenters. The molecule has 2 aromatic rings. The number of aryl methyl sites for hydroxylation is 1. The minimum absolute atomic E-state index is 0.250. The zero-order chi connectivity index (χ0) is 22.1. The topological polar surface area (TPSA) is 60.0 Å². The van der Waals surface area contributed by atoms with Gasteiger partial charge in [0.1, 0.15) is 6.33 Å². The van der Waals surface area contributed by atoms with E-state index in [1.54, 1.807) is 13.1 Å². The van der Waals surface area contributed by atoms with Gasteiger partial charge in [0.15, 0.2) is 11.6 Å². The number of hydrogen-bond acceptors (Lipinski definition) is 4. The number of nitrogens with two attached hydrogens (primary N) is 1. The third-order valence-electron chi connectivity index (χ3n) is 5.52. The lowest BCUT2D eigenvalue weighted by molar-refractivity contribution is 0.0345. The number of halogens is 4. The molecule has 2 N–H and O–H groups in total. The fourth-order valence-corrected chi connectivity index (χ4v) is 3.11. The van der Waals surface area contributed by atoms with Crippen molar-refractivity contribution in [3.63, 3.8) is 0 Å². The van der Waals surface area contributed by atoms with Gasteiger partial charge in [-0.3, -0.25) is 4.90 Å². The molecule has 168 valence electrons. The third-order valence-corrected chi connectivity index (χ3v) is 5.52. The molecule has 0 radical (unpaired) electrons. The highest BCUT2D eigenvalue weighted by Crippen LogP contribution is 2.31. The fourth-order valence-electron chi connectivity index (χ4n) is 3.11. The van der Waals surface area contributed by atoms with Crippen molar-refractivity contribution in [1.29, 1.82) is 0 Å². The van der Waals surface area contributed by atoms with Crippen molar-refractivity contribution < 1.29 is 17.6 Å². The molecule has 5 nitrogen and oxygen atoms in total. The second-order valence-corrected chi connectivity index (χ2v) is 7.97. The smallest absolute Gasteiger partial charge is 0.241 e. The Morgan fingerprint density at radius 3 is 2.13 bits per heavy atom. The molecular formula is C21H31F4N5. The zero-order valence-electron chi connectivity index (χ0n) is 17.6. The highest BCUT2D eigenvalue weighted by atomic mass is 19.3. The summed E-state index contributed by atoms with van der Waals surface area (Å²) >= 11 is 0. The van der Waals surface area contributed by atoms with Crippen molar-refractivity contribution in [1.82, 2.24) is 19.7 Å². The summed E-state index contributed by atoms with van der Waals surface area (Å²) in [7, 11) is 1.74. The lowest BCUT2D eigenvalue weighted by Crippen LogP contribution is -2.32. The van der Waals surface area contributed by atoms with Gasteiger partial charge in [-0.15, -0.1) is 0 Å². The maximum absolute atomic E-state index is 13.0. The predicted octanol–water partition coefficient (Wildman–Crippen LogP) is 4.65. The Bertz CT molecular complexity index is 739. The van der Waals surface area contributed by atoms with Gasteiger partial charge in [-0.25, -0.2) is 27.2 Å². The van der Waals surface area contributed by atoms with Crippen molar-refractivity contribution in [2.75, 3.05) is 18.8 Å². The fraction of sp³-hybridized carbons (Fsp3) is 0.619. The molecular weight excluding hydrogens is 398 g/mol. The molecule has 2 fully saturated rings. The van der Waals surface area contributed by atoms with Crippen molar-refractivity contribution in [2.24, 2.45) is 18.9 Å². The highest BCUT2D eigenvalue weighted by molar-refractivity contribution is 5.17. The highest BCUT2D eigenvalue weighted by Gasteiger charge is 2.26. The number of aromatic nitrogens is 3. The number of hydrogen-bond donors (Lipinski definition) is 1. The second-order valence-electron chi connectivity index (χ2n) is 7.97. The third kappa shape index (κ3) is 7.93. The van der Waals surface area contributed by atoms with Crippen molar-refractivity contribution >= 4 is 5.95 Å². The quantitative estimate of drug-likeness (QED) is 0.722. The van der Waals surface area contributed by atoms with Crippen LogP contribution in [0.2, 0.25) is 0 Å². The second kappa shape index (κ2) is 11.9. The Morgan fingerprint density at radius 1 is 1.10 bits per heavy atom. The molecule has 0 amide bonds. The number of likely N-dealkylation sites (tertiary alicyclic amines) is 1. The monoisotopic (exact) mass is 429 g/mol. The van der Waals surface area contributed by atoms with E-state index in [0.29, 0.717) is 5.95 Å². The number of nitrogen functional groups attached to an aromatic ring is 1. The Hall–Kier alpha value is -2.16. The first-order valence-corrected chi connectivity index (χ1v) is 10.3. The molecule has 9 heteroatoms. The SMILES string of the molecule is CC1CCN(Cc2ccc(F)c(F)c2)CC1.Cn1ncnc1N.FC(F)C1CCC1. The van der Waals surface area contributed by atoms with Gasteiger partial charge in [0.05, 0.1) is 0 Å². The first-order chi connectivity index (χ1) is 14.3.